The van der Waals surface area contributed by atoms with Gasteiger partial charge in [0.1, 0.15) is 0 Å². The molecule has 7 nitrogen and oxygen atoms in total. The largest absolute Gasteiger partial charge is 0.309 e. The van der Waals surface area contributed by atoms with E-state index in [1.807, 2.05) is 0 Å². The minimum atomic E-state index is 0.885. The molecule has 0 saturated carbocycles. The Bertz CT molecular complexity index is 5770. The third-order valence-electron chi connectivity index (χ3n) is 18.7. The smallest absolute Gasteiger partial charge is 0.0789 e. The van der Waals surface area contributed by atoms with Crippen molar-refractivity contribution in [1.82, 2.24) is 32.4 Å². The van der Waals surface area contributed by atoms with Crippen molar-refractivity contribution in [3.63, 3.8) is 0 Å². The Hall–Kier alpha value is -12.2. The molecule has 90 heavy (non-hydrogen) atoms. The summed E-state index contributed by atoms with van der Waals surface area (Å²) in [5.74, 6) is 0. The van der Waals surface area contributed by atoms with Crippen molar-refractivity contribution >= 4 is 131 Å². The van der Waals surface area contributed by atoms with Crippen LogP contribution in [0.1, 0.15) is 0 Å². The molecule has 0 atom stereocenters. The van der Waals surface area contributed by atoms with Crippen LogP contribution in [0.15, 0.2) is 322 Å². The summed E-state index contributed by atoms with van der Waals surface area (Å²) in [7, 11) is 0. The molecule has 0 saturated heterocycles. The molecule has 14 aromatic carbocycles. The SMILES string of the molecule is c1ccc(-n2c3ccccc3n(-c3ccccc3)c3cc4c(cc32)c2ccc(-n3c5ccccc5c5ccccc53)cc2c2cc(-n3c5ccccc5c5ccccc53)cnc2c2cc3c(cc42)n(-c2ccccc2)c2ccccc2n3-c2ccccc2)cc1. The Morgan fingerprint density at radius 2 is 0.411 bits per heavy atom. The molecule has 0 aliphatic carbocycles. The predicted molar refractivity (Wildman–Crippen MR) is 377 cm³/mol. The minimum Gasteiger partial charge on any atom is -0.309 e. The van der Waals surface area contributed by atoms with Crippen LogP contribution in [0.3, 0.4) is 0 Å². The van der Waals surface area contributed by atoms with Crippen LogP contribution in [0.4, 0.5) is 0 Å². The first kappa shape index (κ1) is 50.0. The Kier molecular flexibility index (Phi) is 10.9. The normalized spacial score (nSPS) is 12.0. The van der Waals surface area contributed by atoms with E-state index in [1.54, 1.807) is 0 Å². The van der Waals surface area contributed by atoms with E-state index in [4.69, 9.17) is 4.98 Å². The van der Waals surface area contributed by atoms with E-state index < -0.39 is 0 Å². The van der Waals surface area contributed by atoms with Gasteiger partial charge < -0.3 is 27.4 Å². The first-order valence-corrected chi connectivity index (χ1v) is 30.8. The summed E-state index contributed by atoms with van der Waals surface area (Å²) in [6.07, 6.45) is 2.11. The molecule has 0 unspecified atom stereocenters. The monoisotopic (exact) mass is 1150 g/mol. The van der Waals surface area contributed by atoms with Crippen LogP contribution >= 0.6 is 0 Å². The van der Waals surface area contributed by atoms with Gasteiger partial charge in [-0.3, -0.25) is 4.98 Å². The first-order chi connectivity index (χ1) is 44.7. The van der Waals surface area contributed by atoms with Crippen molar-refractivity contribution < 1.29 is 0 Å². The van der Waals surface area contributed by atoms with Crippen molar-refractivity contribution in [3.05, 3.63) is 322 Å². The van der Waals surface area contributed by atoms with Crippen LogP contribution in [0, 0.1) is 0 Å². The maximum atomic E-state index is 5.92. The third-order valence-corrected chi connectivity index (χ3v) is 18.7. The molecule has 5 aromatic heterocycles. The molecular formula is C83H53N7. The number of nitrogens with zero attached hydrogens (tertiary/aromatic N) is 7. The highest BCUT2D eigenvalue weighted by atomic mass is 15.1. The fourth-order valence-electron chi connectivity index (χ4n) is 14.9. The highest BCUT2D eigenvalue weighted by Crippen LogP contribution is 2.45. The fourth-order valence-corrected chi connectivity index (χ4v) is 14.9. The standard InChI is InChI=1S/C83H53N7/c1-5-25-54(26-6-1)85-75-41-21-22-42-76(75)86(55-27-7-2-8-28-55)80-50-67-66(49-79(80)85)60-46-45-58(89-71-37-17-13-33-61(71)62-34-14-18-38-72(62)89)47-65(60)69-48-59(90-73-39-19-15-35-63(73)64-36-16-20-40-74(64)90)53-84-83(69)70-52-82-81(51-68(67)70)87(56-29-9-3-10-30-56)77-43-23-24-44-78(77)88(82)57-31-11-4-12-32-57/h1-53H. The van der Waals surface area contributed by atoms with Gasteiger partial charge >= 0.3 is 0 Å². The highest BCUT2D eigenvalue weighted by molar-refractivity contribution is 6.29. The van der Waals surface area contributed by atoms with E-state index in [-0.39, 0.29) is 0 Å². The topological polar surface area (TPSA) is 42.5 Å². The molecule has 0 bridgehead atoms. The van der Waals surface area contributed by atoms with Gasteiger partial charge in [-0.1, -0.05) is 176 Å². The Balaban J connectivity index is 1.10. The molecular weight excluding hydrogens is 1090 g/mol. The Morgan fingerprint density at radius 1 is 0.156 bits per heavy atom. The highest BCUT2D eigenvalue weighted by Gasteiger charge is 2.23. The maximum Gasteiger partial charge on any atom is 0.0789 e. The zero-order valence-corrected chi connectivity index (χ0v) is 48.7. The van der Waals surface area contributed by atoms with Crippen molar-refractivity contribution in [3.8, 4) is 34.1 Å². The van der Waals surface area contributed by atoms with Crippen LogP contribution in [-0.2, 0) is 0 Å². The van der Waals surface area contributed by atoms with Gasteiger partial charge in [0.2, 0.25) is 0 Å². The molecule has 5 heterocycles. The number of fused-ring (bicyclic) bond motifs is 18. The number of benzene rings is 13. The van der Waals surface area contributed by atoms with E-state index in [1.165, 1.54) is 21.5 Å². The van der Waals surface area contributed by atoms with Crippen molar-refractivity contribution in [2.45, 2.75) is 0 Å². The molecule has 0 N–H and O–H groups in total. The zero-order chi connectivity index (χ0) is 59.0. The molecule has 0 spiro atoms. The lowest BCUT2D eigenvalue weighted by Crippen LogP contribution is -2.09. The quantitative estimate of drug-likeness (QED) is 0.153. The lowest BCUT2D eigenvalue weighted by molar-refractivity contribution is 1.09. The number of para-hydroxylation sites is 12. The summed E-state index contributed by atoms with van der Waals surface area (Å²) in [4.78, 5) is 5.92. The molecule has 7 heteroatoms. The Morgan fingerprint density at radius 3 is 0.789 bits per heavy atom. The molecule has 19 rings (SSSR count). The molecule has 0 radical (unpaired) electrons. The maximum absolute atomic E-state index is 5.92. The van der Waals surface area contributed by atoms with Gasteiger partial charge in [0.15, 0.2) is 0 Å². The lowest BCUT2D eigenvalue weighted by Gasteiger charge is -2.24. The number of hydrogen-bond donors (Lipinski definition) is 0. The predicted octanol–water partition coefficient (Wildman–Crippen LogP) is 21.4. The minimum absolute atomic E-state index is 0.885. The van der Waals surface area contributed by atoms with Crippen LogP contribution in [0.25, 0.3) is 165 Å². The molecule has 19 aromatic rings. The van der Waals surface area contributed by atoms with Crippen LogP contribution in [0.5, 0.6) is 0 Å². The van der Waals surface area contributed by atoms with Crippen molar-refractivity contribution in [1.29, 1.82) is 0 Å². The van der Waals surface area contributed by atoms with Gasteiger partial charge in [0, 0.05) is 60.8 Å². The molecule has 0 amide bonds. The first-order valence-electron chi connectivity index (χ1n) is 30.8. The average Bonchev–Trinajstić information content (AvgIpc) is 1.45. The molecule has 420 valence electrons. The molecule has 0 aliphatic rings. The van der Waals surface area contributed by atoms with Gasteiger partial charge in [-0.15, -0.1) is 0 Å². The van der Waals surface area contributed by atoms with Crippen molar-refractivity contribution in [2.24, 2.45) is 0 Å². The van der Waals surface area contributed by atoms with E-state index >= 15 is 0 Å². The third kappa shape index (κ3) is 7.38. The zero-order valence-electron chi connectivity index (χ0n) is 48.7. The summed E-state index contributed by atoms with van der Waals surface area (Å²) in [6.45, 7) is 0. The van der Waals surface area contributed by atoms with Gasteiger partial charge in [-0.05, 0) is 166 Å². The lowest BCUT2D eigenvalue weighted by atomic mass is 9.94. The Labute approximate surface area is 516 Å². The van der Waals surface area contributed by atoms with E-state index in [9.17, 15) is 0 Å². The summed E-state index contributed by atoms with van der Waals surface area (Å²) >= 11 is 0. The molecule has 0 aliphatic heterocycles. The van der Waals surface area contributed by atoms with Crippen LogP contribution in [-0.4, -0.2) is 32.4 Å². The van der Waals surface area contributed by atoms with Gasteiger partial charge in [-0.2, -0.15) is 0 Å². The second-order valence-electron chi connectivity index (χ2n) is 23.5. The van der Waals surface area contributed by atoms with Gasteiger partial charge in [0.05, 0.1) is 83.6 Å². The van der Waals surface area contributed by atoms with E-state index in [0.717, 1.165) is 144 Å². The number of aromatic nitrogens is 7. The van der Waals surface area contributed by atoms with E-state index in [2.05, 4.69) is 349 Å². The summed E-state index contributed by atoms with van der Waals surface area (Å²) in [5.41, 5.74) is 20.3. The molecule has 0 fully saturated rings. The number of hydrogen-bond acceptors (Lipinski definition) is 1. The fraction of sp³-hybridized carbons (Fsp3) is 0. The van der Waals surface area contributed by atoms with Crippen molar-refractivity contribution in [2.75, 3.05) is 0 Å². The second kappa shape index (κ2) is 19.7. The summed E-state index contributed by atoms with van der Waals surface area (Å²) in [5, 5.41) is 12.3. The second-order valence-corrected chi connectivity index (χ2v) is 23.5. The van der Waals surface area contributed by atoms with E-state index in [0.29, 0.717) is 0 Å². The van der Waals surface area contributed by atoms with Crippen LogP contribution in [0.2, 0.25) is 0 Å². The summed E-state index contributed by atoms with van der Waals surface area (Å²) in [6, 6.07) is 116. The van der Waals surface area contributed by atoms with Gasteiger partial charge in [-0.25, -0.2) is 0 Å². The van der Waals surface area contributed by atoms with Crippen LogP contribution < -0.4 is 0 Å². The van der Waals surface area contributed by atoms with Gasteiger partial charge in [0.25, 0.3) is 0 Å². The average molecular weight is 1150 g/mol. The number of pyridine rings is 1. The number of rotatable bonds is 6. The summed E-state index contributed by atoms with van der Waals surface area (Å²) < 4.78 is 14.7.